The summed E-state index contributed by atoms with van der Waals surface area (Å²) < 4.78 is 10.2. The van der Waals surface area contributed by atoms with Gasteiger partial charge in [-0.1, -0.05) is 61.2 Å². The Hall–Kier alpha value is -5.11. The lowest BCUT2D eigenvalue weighted by Crippen LogP contribution is -2.39. The largest absolute Gasteiger partial charge is 0.504 e. The quantitative estimate of drug-likeness (QED) is 0.232. The number of carbonyl (C=O) groups is 3. The zero-order valence-electron chi connectivity index (χ0n) is 21.5. The van der Waals surface area contributed by atoms with Crippen molar-refractivity contribution in [2.75, 3.05) is 14.2 Å². The van der Waals surface area contributed by atoms with E-state index in [1.54, 1.807) is 54.6 Å². The van der Waals surface area contributed by atoms with Crippen molar-refractivity contribution in [3.63, 3.8) is 0 Å². The van der Waals surface area contributed by atoms with Gasteiger partial charge in [-0.15, -0.1) is 0 Å². The summed E-state index contributed by atoms with van der Waals surface area (Å²) in [7, 11) is 2.82. The van der Waals surface area contributed by atoms with E-state index in [1.807, 2.05) is 0 Å². The van der Waals surface area contributed by atoms with E-state index < -0.39 is 29.4 Å². The molecule has 0 aliphatic carbocycles. The number of phenolic OH excluding ortho intramolecular Hbond substituents is 2. The number of benzene rings is 3. The second-order valence-electron chi connectivity index (χ2n) is 8.41. The molecule has 39 heavy (non-hydrogen) atoms. The summed E-state index contributed by atoms with van der Waals surface area (Å²) in [5.41, 5.74) is 1.67. The number of phenols is 2. The number of aromatic hydroxyl groups is 2. The van der Waals surface area contributed by atoms with Gasteiger partial charge in [0.15, 0.2) is 34.6 Å². The van der Waals surface area contributed by atoms with Crippen molar-refractivity contribution in [2.45, 2.75) is 6.04 Å². The lowest BCUT2D eigenvalue weighted by Gasteiger charge is -2.25. The molecule has 0 saturated heterocycles. The molecule has 1 unspecified atom stereocenters. The highest BCUT2D eigenvalue weighted by Gasteiger charge is 2.34. The van der Waals surface area contributed by atoms with E-state index >= 15 is 0 Å². The first-order chi connectivity index (χ1) is 18.8. The summed E-state index contributed by atoms with van der Waals surface area (Å²) in [5.74, 6) is -2.63. The number of nitrogens with one attached hydrogen (secondary N) is 1. The van der Waals surface area contributed by atoms with Gasteiger partial charge < -0.3 is 25.0 Å². The maximum Gasteiger partial charge on any atom is 0.243 e. The van der Waals surface area contributed by atoms with Gasteiger partial charge in [-0.2, -0.15) is 0 Å². The van der Waals surface area contributed by atoms with Gasteiger partial charge in [0.25, 0.3) is 0 Å². The normalized spacial score (nSPS) is 12.6. The Morgan fingerprint density at radius 2 is 1.28 bits per heavy atom. The zero-order valence-corrected chi connectivity index (χ0v) is 21.5. The summed E-state index contributed by atoms with van der Waals surface area (Å²) >= 11 is 0. The second kappa shape index (κ2) is 13.4. The molecule has 0 aliphatic heterocycles. The van der Waals surface area contributed by atoms with E-state index in [-0.39, 0.29) is 23.0 Å². The molecule has 0 fully saturated rings. The van der Waals surface area contributed by atoms with Crippen LogP contribution in [0, 0.1) is 5.92 Å². The molecule has 0 aliphatic rings. The average molecular weight is 528 g/mol. The third kappa shape index (κ3) is 7.45. The van der Waals surface area contributed by atoms with Crippen molar-refractivity contribution in [3.8, 4) is 23.0 Å². The molecule has 0 saturated carbocycles. The molecule has 3 N–H and O–H groups in total. The van der Waals surface area contributed by atoms with E-state index in [9.17, 15) is 24.6 Å². The highest BCUT2D eigenvalue weighted by atomic mass is 16.5. The van der Waals surface area contributed by atoms with E-state index in [0.29, 0.717) is 16.7 Å². The zero-order chi connectivity index (χ0) is 28.4. The Bertz CT molecular complexity index is 1330. The topological polar surface area (TPSA) is 122 Å². The molecule has 0 heterocycles. The maximum atomic E-state index is 13.6. The Kier molecular flexibility index (Phi) is 9.81. The van der Waals surface area contributed by atoms with Crippen LogP contribution in [0.5, 0.6) is 23.0 Å². The lowest BCUT2D eigenvalue weighted by molar-refractivity contribution is -0.129. The monoisotopic (exact) mass is 527 g/mol. The number of rotatable bonds is 12. The number of amides is 1. The standard InChI is InChI=1S/C31H29NO7/c1-4-29(37)32-31(22-8-6-5-7-9-22)30(25(35)16-12-20-10-14-23(33)27(18-20)38-2)26(36)17-13-21-11-15-24(34)28(19-21)39-3/h4-19,30-31,33-34H,1H2,2-3H3,(H,32,37). The number of methoxy groups -OCH3 is 2. The van der Waals surface area contributed by atoms with Crippen molar-refractivity contribution < 1.29 is 34.1 Å². The average Bonchev–Trinajstić information content (AvgIpc) is 2.96. The molecule has 1 atom stereocenters. The van der Waals surface area contributed by atoms with Crippen LogP contribution < -0.4 is 14.8 Å². The lowest BCUT2D eigenvalue weighted by atomic mass is 9.85. The summed E-state index contributed by atoms with van der Waals surface area (Å²) in [6, 6.07) is 16.8. The molecule has 3 rings (SSSR count). The first kappa shape index (κ1) is 28.5. The summed E-state index contributed by atoms with van der Waals surface area (Å²) in [5, 5.41) is 22.4. The van der Waals surface area contributed by atoms with Gasteiger partial charge in [-0.3, -0.25) is 14.4 Å². The van der Waals surface area contributed by atoms with Crippen LogP contribution in [0.4, 0.5) is 0 Å². The van der Waals surface area contributed by atoms with E-state index in [2.05, 4.69) is 11.9 Å². The third-order valence-corrected chi connectivity index (χ3v) is 5.88. The predicted molar refractivity (Wildman–Crippen MR) is 148 cm³/mol. The van der Waals surface area contributed by atoms with E-state index in [0.717, 1.165) is 6.08 Å². The van der Waals surface area contributed by atoms with Crippen molar-refractivity contribution in [2.24, 2.45) is 5.92 Å². The van der Waals surface area contributed by atoms with Crippen molar-refractivity contribution in [3.05, 3.63) is 108 Å². The SMILES string of the molecule is C=CC(=O)NC(c1ccccc1)C(C(=O)C=Cc1ccc(O)c(OC)c1)C(=O)C=Cc1ccc(O)c(OC)c1. The van der Waals surface area contributed by atoms with Crippen molar-refractivity contribution in [1.29, 1.82) is 0 Å². The highest BCUT2D eigenvalue weighted by molar-refractivity contribution is 6.14. The molecule has 0 spiro atoms. The van der Waals surface area contributed by atoms with E-state index in [4.69, 9.17) is 9.47 Å². The minimum absolute atomic E-state index is 0.0543. The van der Waals surface area contributed by atoms with E-state index in [1.165, 1.54) is 50.7 Å². The molecule has 1 amide bonds. The Morgan fingerprint density at radius 1 is 0.795 bits per heavy atom. The first-order valence-electron chi connectivity index (χ1n) is 11.9. The van der Waals surface area contributed by atoms with Gasteiger partial charge in [0.05, 0.1) is 20.3 Å². The number of hydrogen-bond donors (Lipinski definition) is 3. The molecule has 0 aromatic heterocycles. The summed E-state index contributed by atoms with van der Waals surface area (Å²) in [4.78, 5) is 39.5. The van der Waals surface area contributed by atoms with Crippen LogP contribution in [0.25, 0.3) is 12.2 Å². The van der Waals surface area contributed by atoms with Crippen LogP contribution >= 0.6 is 0 Å². The number of ketones is 2. The first-order valence-corrected chi connectivity index (χ1v) is 11.9. The van der Waals surface area contributed by atoms with Crippen LogP contribution in [0.2, 0.25) is 0 Å². The van der Waals surface area contributed by atoms with Crippen LogP contribution in [-0.2, 0) is 14.4 Å². The molecular weight excluding hydrogens is 498 g/mol. The molecule has 8 nitrogen and oxygen atoms in total. The van der Waals surface area contributed by atoms with Gasteiger partial charge in [0, 0.05) is 0 Å². The Balaban J connectivity index is 2.02. The fourth-order valence-electron chi connectivity index (χ4n) is 3.86. The highest BCUT2D eigenvalue weighted by Crippen LogP contribution is 2.30. The smallest absolute Gasteiger partial charge is 0.243 e. The van der Waals surface area contributed by atoms with Crippen molar-refractivity contribution >= 4 is 29.6 Å². The number of allylic oxidation sites excluding steroid dienone is 2. The molecule has 0 bridgehead atoms. The minimum Gasteiger partial charge on any atom is -0.504 e. The number of ether oxygens (including phenoxy) is 2. The second-order valence-corrected chi connectivity index (χ2v) is 8.41. The molecule has 3 aromatic carbocycles. The van der Waals surface area contributed by atoms with Gasteiger partial charge in [0.2, 0.25) is 5.91 Å². The van der Waals surface area contributed by atoms with Crippen LogP contribution in [0.15, 0.2) is 91.5 Å². The minimum atomic E-state index is -1.32. The number of carbonyl (C=O) groups excluding carboxylic acids is 3. The fourth-order valence-corrected chi connectivity index (χ4v) is 3.86. The summed E-state index contributed by atoms with van der Waals surface area (Å²) in [6.07, 6.45) is 6.57. The molecule has 0 radical (unpaired) electrons. The van der Waals surface area contributed by atoms with Crippen LogP contribution in [-0.4, -0.2) is 41.9 Å². The van der Waals surface area contributed by atoms with Gasteiger partial charge in [-0.25, -0.2) is 0 Å². The maximum absolute atomic E-state index is 13.6. The fraction of sp³-hybridized carbons (Fsp3) is 0.129. The Morgan fingerprint density at radius 3 is 1.72 bits per heavy atom. The van der Waals surface area contributed by atoms with Gasteiger partial charge >= 0.3 is 0 Å². The third-order valence-electron chi connectivity index (χ3n) is 5.88. The van der Waals surface area contributed by atoms with Crippen LogP contribution in [0.3, 0.4) is 0 Å². The van der Waals surface area contributed by atoms with Crippen LogP contribution in [0.1, 0.15) is 22.7 Å². The van der Waals surface area contributed by atoms with Gasteiger partial charge in [0.1, 0.15) is 5.92 Å². The van der Waals surface area contributed by atoms with Gasteiger partial charge in [-0.05, 0) is 59.2 Å². The summed E-state index contributed by atoms with van der Waals surface area (Å²) in [6.45, 7) is 3.48. The molecule has 8 heteroatoms. The molecular formula is C31H29NO7. The molecule has 200 valence electrons. The Labute approximate surface area is 226 Å². The molecule has 3 aromatic rings. The number of hydrogen-bond acceptors (Lipinski definition) is 7. The van der Waals surface area contributed by atoms with Crippen molar-refractivity contribution in [1.82, 2.24) is 5.32 Å². The predicted octanol–water partition coefficient (Wildman–Crippen LogP) is 4.64.